The second-order valence-electron chi connectivity index (χ2n) is 7.79. The molecule has 0 atom stereocenters. The number of carbonyl (C=O) groups is 2. The van der Waals surface area contributed by atoms with Gasteiger partial charge < -0.3 is 24.4 Å². The summed E-state index contributed by atoms with van der Waals surface area (Å²) in [5, 5.41) is 6.11. The van der Waals surface area contributed by atoms with Gasteiger partial charge >= 0.3 is 6.09 Å². The number of fused-ring (bicyclic) bond motifs is 1. The number of carbonyl (C=O) groups excluding carboxylic acids is 2. The summed E-state index contributed by atoms with van der Waals surface area (Å²) < 4.78 is 16.4. The fourth-order valence-electron chi connectivity index (χ4n) is 3.47. The summed E-state index contributed by atoms with van der Waals surface area (Å²) in [5.74, 6) is 1.49. The molecular formula is C20H30N4O5. The van der Waals surface area contributed by atoms with E-state index in [0.29, 0.717) is 63.8 Å². The Bertz CT molecular complexity index is 732. The molecule has 0 aliphatic carbocycles. The Labute approximate surface area is 171 Å². The van der Waals surface area contributed by atoms with E-state index in [9.17, 15) is 9.59 Å². The highest BCUT2D eigenvalue weighted by Gasteiger charge is 2.41. The number of nitrogens with zero attached hydrogens (tertiary/aromatic N) is 2. The zero-order valence-electron chi connectivity index (χ0n) is 17.3. The first-order valence-electron chi connectivity index (χ1n) is 10.1. The van der Waals surface area contributed by atoms with E-state index in [0.717, 1.165) is 5.69 Å². The zero-order chi connectivity index (χ0) is 20.9. The lowest BCUT2D eigenvalue weighted by Gasteiger charge is -2.40. The van der Waals surface area contributed by atoms with Crippen molar-refractivity contribution in [2.24, 2.45) is 5.92 Å². The Morgan fingerprint density at radius 1 is 1.24 bits per heavy atom. The summed E-state index contributed by atoms with van der Waals surface area (Å²) in [4.78, 5) is 30.9. The molecule has 0 saturated carbocycles. The van der Waals surface area contributed by atoms with Gasteiger partial charge in [0.05, 0.1) is 18.5 Å². The van der Waals surface area contributed by atoms with E-state index in [1.54, 1.807) is 18.1 Å². The number of aromatic nitrogens is 1. The van der Waals surface area contributed by atoms with E-state index in [1.165, 1.54) is 0 Å². The lowest BCUT2D eigenvalue weighted by Crippen LogP contribution is -2.61. The Kier molecular flexibility index (Phi) is 6.79. The summed E-state index contributed by atoms with van der Waals surface area (Å²) in [6.07, 6.45) is 2.31. The van der Waals surface area contributed by atoms with Gasteiger partial charge in [-0.3, -0.25) is 15.1 Å². The van der Waals surface area contributed by atoms with Crippen molar-refractivity contribution >= 4 is 12.0 Å². The molecule has 2 amide bonds. The molecule has 0 radical (unpaired) electrons. The van der Waals surface area contributed by atoms with E-state index in [2.05, 4.69) is 15.6 Å². The van der Waals surface area contributed by atoms with Crippen molar-refractivity contribution in [2.75, 3.05) is 40.0 Å². The van der Waals surface area contributed by atoms with Crippen molar-refractivity contribution in [1.29, 1.82) is 0 Å². The molecule has 9 nitrogen and oxygen atoms in total. The summed E-state index contributed by atoms with van der Waals surface area (Å²) in [5.41, 5.74) is -0.00490. The standard InChI is InChI=1S/C20H30N4O5/c1-14(2)13-29-19(26)24-6-4-20(5-7-24,18(25)21-3)23-11-15-10-16-17(12-22-15)28-9-8-27-16/h10,12,14,23H,4-9,11,13H2,1-3H3,(H,21,25). The first-order valence-corrected chi connectivity index (χ1v) is 10.1. The van der Waals surface area contributed by atoms with Gasteiger partial charge in [0.15, 0.2) is 11.5 Å². The van der Waals surface area contributed by atoms with E-state index < -0.39 is 5.54 Å². The van der Waals surface area contributed by atoms with Gasteiger partial charge in [0, 0.05) is 32.7 Å². The van der Waals surface area contributed by atoms with Crippen LogP contribution >= 0.6 is 0 Å². The topological polar surface area (TPSA) is 102 Å². The second-order valence-corrected chi connectivity index (χ2v) is 7.79. The smallest absolute Gasteiger partial charge is 0.409 e. The van der Waals surface area contributed by atoms with Crippen molar-refractivity contribution in [3.8, 4) is 11.5 Å². The molecule has 2 N–H and O–H groups in total. The van der Waals surface area contributed by atoms with Gasteiger partial charge in [-0.05, 0) is 18.8 Å². The van der Waals surface area contributed by atoms with Crippen LogP contribution in [-0.4, -0.2) is 67.4 Å². The first-order chi connectivity index (χ1) is 13.9. The number of piperidine rings is 1. The predicted molar refractivity (Wildman–Crippen MR) is 106 cm³/mol. The van der Waals surface area contributed by atoms with Crippen molar-refractivity contribution in [3.63, 3.8) is 0 Å². The molecule has 29 heavy (non-hydrogen) atoms. The minimum atomic E-state index is -0.765. The van der Waals surface area contributed by atoms with Crippen LogP contribution in [0.15, 0.2) is 12.3 Å². The molecule has 2 aliphatic heterocycles. The van der Waals surface area contributed by atoms with Crippen LogP contribution in [-0.2, 0) is 16.1 Å². The lowest BCUT2D eigenvalue weighted by molar-refractivity contribution is -0.129. The summed E-state index contributed by atoms with van der Waals surface area (Å²) in [6, 6.07) is 1.83. The number of amides is 2. The van der Waals surface area contributed by atoms with E-state index in [1.807, 2.05) is 19.9 Å². The Hall–Kier alpha value is -2.55. The highest BCUT2D eigenvalue weighted by atomic mass is 16.6. The third-order valence-corrected chi connectivity index (χ3v) is 5.17. The monoisotopic (exact) mass is 406 g/mol. The highest BCUT2D eigenvalue weighted by molar-refractivity contribution is 5.86. The number of hydrogen-bond donors (Lipinski definition) is 2. The van der Waals surface area contributed by atoms with Crippen LogP contribution in [0, 0.1) is 5.92 Å². The van der Waals surface area contributed by atoms with Crippen LogP contribution < -0.4 is 20.1 Å². The summed E-state index contributed by atoms with van der Waals surface area (Å²) in [7, 11) is 1.62. The third kappa shape index (κ3) is 5.09. The van der Waals surface area contributed by atoms with Gasteiger partial charge in [-0.15, -0.1) is 0 Å². The van der Waals surface area contributed by atoms with Crippen molar-refractivity contribution in [3.05, 3.63) is 18.0 Å². The molecule has 160 valence electrons. The number of likely N-dealkylation sites (N-methyl/N-ethyl adjacent to an activating group) is 1. The van der Waals surface area contributed by atoms with Crippen LogP contribution in [0.2, 0.25) is 0 Å². The minimum Gasteiger partial charge on any atom is -0.486 e. The fourth-order valence-corrected chi connectivity index (χ4v) is 3.47. The molecular weight excluding hydrogens is 376 g/mol. The number of ether oxygens (including phenoxy) is 3. The molecule has 2 aliphatic rings. The molecule has 1 saturated heterocycles. The summed E-state index contributed by atoms with van der Waals surface area (Å²) in [6.45, 7) is 6.71. The van der Waals surface area contributed by atoms with Crippen LogP contribution in [0.3, 0.4) is 0 Å². The maximum absolute atomic E-state index is 12.7. The second kappa shape index (κ2) is 9.30. The molecule has 0 unspecified atom stereocenters. The largest absolute Gasteiger partial charge is 0.486 e. The average molecular weight is 406 g/mol. The van der Waals surface area contributed by atoms with E-state index in [-0.39, 0.29) is 17.9 Å². The fraction of sp³-hybridized carbons (Fsp3) is 0.650. The van der Waals surface area contributed by atoms with Crippen molar-refractivity contribution in [2.45, 2.75) is 38.8 Å². The number of nitrogens with one attached hydrogen (secondary N) is 2. The highest BCUT2D eigenvalue weighted by Crippen LogP contribution is 2.30. The minimum absolute atomic E-state index is 0.0924. The van der Waals surface area contributed by atoms with Crippen LogP contribution in [0.25, 0.3) is 0 Å². The maximum Gasteiger partial charge on any atom is 0.409 e. The SMILES string of the molecule is CNC(=O)C1(NCc2cc3c(cn2)OCCO3)CCN(C(=O)OCC(C)C)CC1. The van der Waals surface area contributed by atoms with Gasteiger partial charge in [0.25, 0.3) is 0 Å². The predicted octanol–water partition coefficient (Wildman–Crippen LogP) is 1.32. The van der Waals surface area contributed by atoms with Crippen LogP contribution in [0.4, 0.5) is 4.79 Å². The van der Waals surface area contributed by atoms with Gasteiger partial charge in [-0.2, -0.15) is 0 Å². The van der Waals surface area contributed by atoms with Crippen LogP contribution in [0.5, 0.6) is 11.5 Å². The first kappa shape index (κ1) is 21.2. The van der Waals surface area contributed by atoms with Crippen LogP contribution in [0.1, 0.15) is 32.4 Å². The zero-order valence-corrected chi connectivity index (χ0v) is 17.3. The molecule has 1 aromatic rings. The number of hydrogen-bond acceptors (Lipinski definition) is 7. The Morgan fingerprint density at radius 3 is 2.59 bits per heavy atom. The quantitative estimate of drug-likeness (QED) is 0.734. The molecule has 0 aromatic carbocycles. The number of rotatable bonds is 6. The average Bonchev–Trinajstić information content (AvgIpc) is 2.75. The van der Waals surface area contributed by atoms with Gasteiger partial charge in [-0.1, -0.05) is 13.8 Å². The van der Waals surface area contributed by atoms with Gasteiger partial charge in [0.2, 0.25) is 5.91 Å². The molecule has 0 spiro atoms. The lowest BCUT2D eigenvalue weighted by atomic mass is 9.86. The number of likely N-dealkylation sites (tertiary alicyclic amines) is 1. The normalized spacial score (nSPS) is 17.7. The van der Waals surface area contributed by atoms with Crippen molar-refractivity contribution in [1.82, 2.24) is 20.5 Å². The Balaban J connectivity index is 1.61. The Morgan fingerprint density at radius 2 is 1.93 bits per heavy atom. The molecule has 3 heterocycles. The molecule has 1 fully saturated rings. The molecule has 0 bridgehead atoms. The van der Waals surface area contributed by atoms with E-state index >= 15 is 0 Å². The van der Waals surface area contributed by atoms with Gasteiger partial charge in [-0.25, -0.2) is 4.79 Å². The van der Waals surface area contributed by atoms with Gasteiger partial charge in [0.1, 0.15) is 18.8 Å². The van der Waals surface area contributed by atoms with Crippen molar-refractivity contribution < 1.29 is 23.8 Å². The molecule has 9 heteroatoms. The summed E-state index contributed by atoms with van der Waals surface area (Å²) >= 11 is 0. The maximum atomic E-state index is 12.7. The van der Waals surface area contributed by atoms with E-state index in [4.69, 9.17) is 14.2 Å². The third-order valence-electron chi connectivity index (χ3n) is 5.17. The molecule has 3 rings (SSSR count). The molecule has 1 aromatic heterocycles. The number of pyridine rings is 1.